The smallest absolute Gasteiger partial charge is 0.340 e. The maximum absolute atomic E-state index is 14.1. The summed E-state index contributed by atoms with van der Waals surface area (Å²) < 4.78 is 31.6. The molecule has 0 saturated carbocycles. The minimum Gasteiger partial charge on any atom is -0.465 e. The average molecular weight is 346 g/mol. The van der Waals surface area contributed by atoms with Crippen molar-refractivity contribution in [3.63, 3.8) is 0 Å². The first-order valence-corrected chi connectivity index (χ1v) is 8.16. The van der Waals surface area contributed by atoms with Gasteiger partial charge in [0.15, 0.2) is 0 Å². The van der Waals surface area contributed by atoms with E-state index in [1.807, 2.05) is 0 Å². The molecule has 1 aliphatic rings. The Balaban J connectivity index is 1.59. The Bertz CT molecular complexity index is 742. The van der Waals surface area contributed by atoms with Gasteiger partial charge in [-0.2, -0.15) is 0 Å². The molecule has 0 atom stereocenters. The van der Waals surface area contributed by atoms with Crippen LogP contribution in [-0.4, -0.2) is 44.2 Å². The van der Waals surface area contributed by atoms with Gasteiger partial charge in [0.1, 0.15) is 11.6 Å². The highest BCUT2D eigenvalue weighted by Crippen LogP contribution is 2.21. The zero-order valence-corrected chi connectivity index (χ0v) is 14.0. The average Bonchev–Trinajstić information content (AvgIpc) is 2.63. The summed E-state index contributed by atoms with van der Waals surface area (Å²) in [4.78, 5) is 15.8. The van der Waals surface area contributed by atoms with E-state index in [4.69, 9.17) is 0 Å². The predicted molar refractivity (Wildman–Crippen MR) is 91.6 cm³/mol. The highest BCUT2D eigenvalue weighted by atomic mass is 19.1. The largest absolute Gasteiger partial charge is 0.465 e. The number of methoxy groups -OCH3 is 1. The third-order valence-electron chi connectivity index (χ3n) is 4.41. The topological polar surface area (TPSA) is 32.8 Å². The Morgan fingerprint density at radius 2 is 1.72 bits per heavy atom. The molecule has 2 aromatic rings. The van der Waals surface area contributed by atoms with Crippen LogP contribution in [0.15, 0.2) is 42.5 Å². The van der Waals surface area contributed by atoms with E-state index in [-0.39, 0.29) is 11.4 Å². The molecule has 132 valence electrons. The van der Waals surface area contributed by atoms with E-state index in [0.29, 0.717) is 0 Å². The Morgan fingerprint density at radius 1 is 1.04 bits per heavy atom. The molecular formula is C19H20F2N2O2. The zero-order chi connectivity index (χ0) is 17.8. The van der Waals surface area contributed by atoms with Gasteiger partial charge < -0.3 is 9.64 Å². The van der Waals surface area contributed by atoms with Crippen molar-refractivity contribution in [2.45, 2.75) is 6.54 Å². The monoisotopic (exact) mass is 346 g/mol. The number of esters is 1. The first-order chi connectivity index (χ1) is 12.1. The molecule has 2 aromatic carbocycles. The Labute approximate surface area is 145 Å². The van der Waals surface area contributed by atoms with Crippen LogP contribution in [0.1, 0.15) is 15.9 Å². The molecule has 0 radical (unpaired) electrons. The molecule has 1 fully saturated rings. The number of nitrogens with zero attached hydrogens (tertiary/aromatic N) is 2. The minimum absolute atomic E-state index is 0.0544. The fraction of sp³-hybridized carbons (Fsp3) is 0.316. The molecule has 1 saturated heterocycles. The summed E-state index contributed by atoms with van der Waals surface area (Å²) in [5.74, 6) is -1.47. The van der Waals surface area contributed by atoms with Gasteiger partial charge >= 0.3 is 5.97 Å². The molecule has 1 aliphatic heterocycles. The van der Waals surface area contributed by atoms with Crippen LogP contribution in [-0.2, 0) is 11.3 Å². The molecule has 25 heavy (non-hydrogen) atoms. The van der Waals surface area contributed by atoms with Crippen LogP contribution in [0.2, 0.25) is 0 Å². The van der Waals surface area contributed by atoms with Crippen molar-refractivity contribution in [3.8, 4) is 0 Å². The van der Waals surface area contributed by atoms with Gasteiger partial charge in [-0.25, -0.2) is 13.6 Å². The molecule has 1 heterocycles. The maximum Gasteiger partial charge on any atom is 0.340 e. The highest BCUT2D eigenvalue weighted by molar-refractivity contribution is 5.90. The Kier molecular flexibility index (Phi) is 5.28. The number of ether oxygens (including phenoxy) is 1. The fourth-order valence-electron chi connectivity index (χ4n) is 2.99. The van der Waals surface area contributed by atoms with Crippen LogP contribution in [0.5, 0.6) is 0 Å². The summed E-state index contributed by atoms with van der Waals surface area (Å²) >= 11 is 0. The third kappa shape index (κ3) is 4.14. The van der Waals surface area contributed by atoms with Crippen LogP contribution < -0.4 is 4.90 Å². The SMILES string of the molecule is COC(=O)c1ccc(N2CCN(Cc3ccc(F)cc3)CC2)cc1F. The molecule has 0 amide bonds. The second kappa shape index (κ2) is 7.61. The first kappa shape index (κ1) is 17.4. The van der Waals surface area contributed by atoms with E-state index in [9.17, 15) is 13.6 Å². The normalized spacial score (nSPS) is 15.2. The number of rotatable bonds is 4. The quantitative estimate of drug-likeness (QED) is 0.797. The van der Waals surface area contributed by atoms with Gasteiger partial charge in [0.2, 0.25) is 0 Å². The maximum atomic E-state index is 14.1. The van der Waals surface area contributed by atoms with Crippen LogP contribution in [0.3, 0.4) is 0 Å². The molecule has 0 aromatic heterocycles. The molecule has 0 spiro atoms. The van der Waals surface area contributed by atoms with Crippen molar-refractivity contribution in [1.29, 1.82) is 0 Å². The van der Waals surface area contributed by atoms with E-state index >= 15 is 0 Å². The summed E-state index contributed by atoms with van der Waals surface area (Å²) in [6.45, 7) is 3.95. The fourth-order valence-corrected chi connectivity index (χ4v) is 2.99. The second-order valence-electron chi connectivity index (χ2n) is 6.05. The van der Waals surface area contributed by atoms with Gasteiger partial charge in [0.25, 0.3) is 0 Å². The molecule has 0 N–H and O–H groups in total. The summed E-state index contributed by atoms with van der Waals surface area (Å²) in [5.41, 5.74) is 1.77. The third-order valence-corrected chi connectivity index (χ3v) is 4.41. The molecule has 3 rings (SSSR count). The van der Waals surface area contributed by atoms with E-state index in [1.165, 1.54) is 31.4 Å². The lowest BCUT2D eigenvalue weighted by atomic mass is 10.1. The van der Waals surface area contributed by atoms with E-state index in [2.05, 4.69) is 14.5 Å². The van der Waals surface area contributed by atoms with Gasteiger partial charge in [-0.15, -0.1) is 0 Å². The summed E-state index contributed by atoms with van der Waals surface area (Å²) in [6.07, 6.45) is 0. The summed E-state index contributed by atoms with van der Waals surface area (Å²) in [5, 5.41) is 0. The lowest BCUT2D eigenvalue weighted by Gasteiger charge is -2.36. The van der Waals surface area contributed by atoms with E-state index in [0.717, 1.165) is 44.0 Å². The standard InChI is InChI=1S/C19H20F2N2O2/c1-25-19(24)17-7-6-16(12-18(17)21)23-10-8-22(9-11-23)13-14-2-4-15(20)5-3-14/h2-7,12H,8-11,13H2,1H3. The van der Waals surface area contributed by atoms with Gasteiger partial charge in [0, 0.05) is 38.4 Å². The molecule has 4 nitrogen and oxygen atoms in total. The molecule has 6 heteroatoms. The number of hydrogen-bond acceptors (Lipinski definition) is 4. The molecule has 0 bridgehead atoms. The zero-order valence-electron chi connectivity index (χ0n) is 14.0. The molecule has 0 unspecified atom stereocenters. The number of benzene rings is 2. The Hall–Kier alpha value is -2.47. The van der Waals surface area contributed by atoms with Crippen LogP contribution in [0, 0.1) is 11.6 Å². The number of anilines is 1. The molecular weight excluding hydrogens is 326 g/mol. The molecule has 0 aliphatic carbocycles. The van der Waals surface area contributed by atoms with Crippen LogP contribution in [0.4, 0.5) is 14.5 Å². The van der Waals surface area contributed by atoms with E-state index in [1.54, 1.807) is 18.2 Å². The first-order valence-electron chi connectivity index (χ1n) is 8.16. The lowest BCUT2D eigenvalue weighted by Crippen LogP contribution is -2.46. The highest BCUT2D eigenvalue weighted by Gasteiger charge is 2.19. The van der Waals surface area contributed by atoms with Gasteiger partial charge in [-0.3, -0.25) is 4.90 Å². The van der Waals surface area contributed by atoms with Gasteiger partial charge in [-0.1, -0.05) is 12.1 Å². The summed E-state index contributed by atoms with van der Waals surface area (Å²) in [6, 6.07) is 11.1. The van der Waals surface area contributed by atoms with Gasteiger partial charge in [-0.05, 0) is 35.9 Å². The van der Waals surface area contributed by atoms with Crippen molar-refractivity contribution in [1.82, 2.24) is 4.90 Å². The van der Waals surface area contributed by atoms with Crippen LogP contribution in [0.25, 0.3) is 0 Å². The number of hydrogen-bond donors (Lipinski definition) is 0. The number of piperazine rings is 1. The summed E-state index contributed by atoms with van der Waals surface area (Å²) in [7, 11) is 1.23. The predicted octanol–water partition coefficient (Wildman–Crippen LogP) is 3.07. The lowest BCUT2D eigenvalue weighted by molar-refractivity contribution is 0.0595. The van der Waals surface area contributed by atoms with Gasteiger partial charge in [0.05, 0.1) is 12.7 Å². The van der Waals surface area contributed by atoms with Crippen molar-refractivity contribution in [2.24, 2.45) is 0 Å². The number of carbonyl (C=O) groups excluding carboxylic acids is 1. The van der Waals surface area contributed by atoms with Crippen LogP contribution >= 0.6 is 0 Å². The minimum atomic E-state index is -0.673. The van der Waals surface area contributed by atoms with Crippen molar-refractivity contribution in [2.75, 3.05) is 38.2 Å². The van der Waals surface area contributed by atoms with Crippen molar-refractivity contribution < 1.29 is 18.3 Å². The number of carbonyl (C=O) groups is 1. The van der Waals surface area contributed by atoms with E-state index < -0.39 is 11.8 Å². The Morgan fingerprint density at radius 3 is 2.32 bits per heavy atom. The second-order valence-corrected chi connectivity index (χ2v) is 6.05. The van der Waals surface area contributed by atoms with Crippen molar-refractivity contribution >= 4 is 11.7 Å². The number of halogens is 2. The van der Waals surface area contributed by atoms with Crippen molar-refractivity contribution in [3.05, 3.63) is 65.2 Å².